The first kappa shape index (κ1) is 23.3. The second kappa shape index (κ2) is 10.0. The van der Waals surface area contributed by atoms with Crippen LogP contribution >= 0.6 is 0 Å². The quantitative estimate of drug-likeness (QED) is 0.458. The van der Waals surface area contributed by atoms with Gasteiger partial charge in [0.15, 0.2) is 5.69 Å². The van der Waals surface area contributed by atoms with Gasteiger partial charge in [-0.05, 0) is 31.5 Å². The van der Waals surface area contributed by atoms with Crippen LogP contribution in [0.25, 0.3) is 11.3 Å². The molecular formula is C25H30N6O4. The summed E-state index contributed by atoms with van der Waals surface area (Å²) >= 11 is 0. The van der Waals surface area contributed by atoms with Gasteiger partial charge in [0.25, 0.3) is 5.88 Å². The molecule has 184 valence electrons. The van der Waals surface area contributed by atoms with Crippen molar-refractivity contribution >= 4 is 28.4 Å². The molecule has 10 nitrogen and oxygen atoms in total. The molecule has 4 heterocycles. The number of ether oxygens (including phenoxy) is 3. The number of nitrogens with one attached hydrogen (secondary N) is 2. The third kappa shape index (κ3) is 4.60. The molecule has 2 aliphatic rings. The Morgan fingerprint density at radius 1 is 1.20 bits per heavy atom. The van der Waals surface area contributed by atoms with Gasteiger partial charge in [-0.1, -0.05) is 6.07 Å². The predicted molar refractivity (Wildman–Crippen MR) is 133 cm³/mol. The number of aryl methyl sites for hydroxylation is 1. The molecule has 1 aliphatic heterocycles. The molecule has 0 radical (unpaired) electrons. The van der Waals surface area contributed by atoms with Gasteiger partial charge in [-0.3, -0.25) is 10.3 Å². The van der Waals surface area contributed by atoms with E-state index in [0.29, 0.717) is 35.4 Å². The summed E-state index contributed by atoms with van der Waals surface area (Å²) in [5, 5.41) is 22.6. The number of aromatic nitrogens is 3. The van der Waals surface area contributed by atoms with E-state index in [4.69, 9.17) is 24.6 Å². The summed E-state index contributed by atoms with van der Waals surface area (Å²) in [6.45, 7) is 8.57. The molecule has 0 unspecified atom stereocenters. The van der Waals surface area contributed by atoms with Crippen LogP contribution in [0.15, 0.2) is 35.5 Å². The maximum atomic E-state index is 9.24. The third-order valence-electron chi connectivity index (χ3n) is 6.33. The number of rotatable bonds is 8. The minimum atomic E-state index is -0.133. The van der Waals surface area contributed by atoms with Crippen molar-refractivity contribution in [2.45, 2.75) is 13.8 Å². The Labute approximate surface area is 203 Å². The highest BCUT2D eigenvalue weighted by Crippen LogP contribution is 2.35. The van der Waals surface area contributed by atoms with E-state index in [-0.39, 0.29) is 13.2 Å². The predicted octanol–water partition coefficient (Wildman–Crippen LogP) is 2.49. The number of allylic oxidation sites excluding steroid dienone is 1. The van der Waals surface area contributed by atoms with Crippen molar-refractivity contribution in [3.8, 4) is 5.88 Å². The minimum absolute atomic E-state index is 0.102. The minimum Gasteiger partial charge on any atom is -0.490 e. The molecule has 35 heavy (non-hydrogen) atoms. The first-order valence-corrected chi connectivity index (χ1v) is 11.8. The van der Waals surface area contributed by atoms with Crippen molar-refractivity contribution in [3.05, 3.63) is 53.0 Å². The molecule has 3 aromatic heterocycles. The van der Waals surface area contributed by atoms with Gasteiger partial charge in [-0.25, -0.2) is 9.51 Å². The van der Waals surface area contributed by atoms with Crippen molar-refractivity contribution in [2.75, 3.05) is 52.7 Å². The monoisotopic (exact) mass is 478 g/mol. The molecule has 10 heteroatoms. The number of hydrogen-bond donors (Lipinski definition) is 3. The molecule has 1 saturated heterocycles. The molecule has 1 aliphatic carbocycles. The fourth-order valence-electron chi connectivity index (χ4n) is 4.35. The lowest BCUT2D eigenvalue weighted by atomic mass is 9.95. The van der Waals surface area contributed by atoms with Gasteiger partial charge in [-0.15, -0.1) is 5.10 Å². The molecule has 0 spiro atoms. The Morgan fingerprint density at radius 3 is 2.83 bits per heavy atom. The van der Waals surface area contributed by atoms with E-state index in [2.05, 4.69) is 15.0 Å². The van der Waals surface area contributed by atoms with Crippen LogP contribution in [0.5, 0.6) is 5.88 Å². The van der Waals surface area contributed by atoms with Crippen molar-refractivity contribution in [1.29, 1.82) is 5.41 Å². The highest BCUT2D eigenvalue weighted by molar-refractivity contribution is 6.54. The largest absolute Gasteiger partial charge is 0.490 e. The molecule has 0 atom stereocenters. The number of pyridine rings is 1. The number of H-pyrrole nitrogens is 1. The van der Waals surface area contributed by atoms with Crippen LogP contribution in [0.3, 0.4) is 0 Å². The summed E-state index contributed by atoms with van der Waals surface area (Å²) in [7, 11) is 0. The Balaban J connectivity index is 1.51. The Bertz CT molecular complexity index is 1300. The van der Waals surface area contributed by atoms with E-state index in [1.165, 1.54) is 0 Å². The van der Waals surface area contributed by atoms with Crippen LogP contribution in [-0.4, -0.2) is 88.7 Å². The van der Waals surface area contributed by atoms with Gasteiger partial charge >= 0.3 is 0 Å². The van der Waals surface area contributed by atoms with Gasteiger partial charge in [0.2, 0.25) is 0 Å². The molecule has 0 aromatic carbocycles. The molecule has 5 rings (SSSR count). The lowest BCUT2D eigenvalue weighted by Gasteiger charge is -2.27. The number of nitrogens with zero attached hydrogens (tertiary/aromatic N) is 4. The summed E-state index contributed by atoms with van der Waals surface area (Å²) in [6, 6.07) is 5.66. The normalized spacial score (nSPS) is 17.6. The average Bonchev–Trinajstić information content (AvgIpc) is 3.38. The number of hydrogen-bond acceptors (Lipinski definition) is 8. The van der Waals surface area contributed by atoms with Crippen LogP contribution in [0, 0.1) is 19.3 Å². The maximum absolute atomic E-state index is 9.24. The number of morpholine rings is 1. The first-order valence-electron chi connectivity index (χ1n) is 11.8. The smallest absolute Gasteiger partial charge is 0.260 e. The Hall–Kier alpha value is -3.47. The number of fused-ring (bicyclic) bond motifs is 2. The van der Waals surface area contributed by atoms with Gasteiger partial charge in [0.05, 0.1) is 42.5 Å². The average molecular weight is 479 g/mol. The van der Waals surface area contributed by atoms with E-state index in [0.717, 1.165) is 60.9 Å². The van der Waals surface area contributed by atoms with E-state index in [9.17, 15) is 5.11 Å². The lowest BCUT2D eigenvalue weighted by Crippen LogP contribution is -2.38. The Kier molecular flexibility index (Phi) is 6.67. The summed E-state index contributed by atoms with van der Waals surface area (Å²) < 4.78 is 19.0. The Morgan fingerprint density at radius 2 is 2.03 bits per heavy atom. The second-order valence-corrected chi connectivity index (χ2v) is 8.56. The molecule has 0 amide bonds. The summed E-state index contributed by atoms with van der Waals surface area (Å²) in [5.41, 5.74) is 5.62. The summed E-state index contributed by atoms with van der Waals surface area (Å²) in [5.74, 6) is 0.968. The van der Waals surface area contributed by atoms with Crippen LogP contribution in [0.1, 0.15) is 22.5 Å². The molecule has 0 saturated carbocycles. The van der Waals surface area contributed by atoms with Crippen LogP contribution < -0.4 is 4.74 Å². The van der Waals surface area contributed by atoms with Crippen molar-refractivity contribution in [1.82, 2.24) is 19.5 Å². The molecular weight excluding hydrogens is 448 g/mol. The lowest BCUT2D eigenvalue weighted by molar-refractivity contribution is 0.0305. The van der Waals surface area contributed by atoms with Crippen molar-refractivity contribution in [2.24, 2.45) is 4.99 Å². The maximum Gasteiger partial charge on any atom is 0.260 e. The van der Waals surface area contributed by atoms with Crippen molar-refractivity contribution in [3.63, 3.8) is 0 Å². The highest BCUT2D eigenvalue weighted by atomic mass is 16.5. The zero-order chi connectivity index (χ0) is 24.4. The van der Waals surface area contributed by atoms with Gasteiger partial charge < -0.3 is 24.3 Å². The standard InChI is InChI=1S/C25H30N6O4/c1-16-17(2)27-24-20(34-13-9-30-7-11-33-12-8-30)15-18(22(26)21(16)24)28-23-19-5-3-4-6-31(19)29-25(23)35-14-10-32/h3-6,15,26-27,32H,7-14H2,1-2H3. The van der Waals surface area contributed by atoms with E-state index in [1.54, 1.807) is 4.52 Å². The van der Waals surface area contributed by atoms with Gasteiger partial charge in [0, 0.05) is 43.2 Å². The molecule has 0 bridgehead atoms. The molecule has 3 aromatic rings. The van der Waals surface area contributed by atoms with E-state index >= 15 is 0 Å². The zero-order valence-electron chi connectivity index (χ0n) is 20.0. The number of aliphatic hydroxyl groups is 1. The van der Waals surface area contributed by atoms with Crippen molar-refractivity contribution < 1.29 is 19.3 Å². The fraction of sp³-hybridized carbons (Fsp3) is 0.400. The number of aromatic amines is 1. The molecule has 3 N–H and O–H groups in total. The third-order valence-corrected chi connectivity index (χ3v) is 6.33. The van der Waals surface area contributed by atoms with Crippen LogP contribution in [-0.2, 0) is 9.47 Å². The fourth-order valence-corrected chi connectivity index (χ4v) is 4.35. The zero-order valence-corrected chi connectivity index (χ0v) is 20.0. The van der Waals surface area contributed by atoms with Crippen LogP contribution in [0.2, 0.25) is 0 Å². The summed E-state index contributed by atoms with van der Waals surface area (Å²) in [4.78, 5) is 10.6. The number of aliphatic imine (C=N–C) groups is 1. The van der Waals surface area contributed by atoms with E-state index in [1.807, 2.05) is 44.3 Å². The topological polar surface area (TPSA) is 120 Å². The van der Waals surface area contributed by atoms with Gasteiger partial charge in [0.1, 0.15) is 19.0 Å². The highest BCUT2D eigenvalue weighted by Gasteiger charge is 2.28. The molecule has 1 fully saturated rings. The number of aliphatic hydroxyl groups excluding tert-OH is 1. The van der Waals surface area contributed by atoms with E-state index < -0.39 is 0 Å². The first-order chi connectivity index (χ1) is 17.1. The van der Waals surface area contributed by atoms with Gasteiger partial charge in [-0.2, -0.15) is 0 Å². The SMILES string of the molecule is Cc1[nH]c2c(c1C)C(=N)C(=Nc1c(OCCO)nn3ccccc13)C=C2OCCN1CCOCC1. The van der Waals surface area contributed by atoms with Crippen LogP contribution in [0.4, 0.5) is 5.69 Å². The second-order valence-electron chi connectivity index (χ2n) is 8.56. The summed E-state index contributed by atoms with van der Waals surface area (Å²) in [6.07, 6.45) is 3.62.